The Kier molecular flexibility index (Phi) is 3.96. The zero-order valence-electron chi connectivity index (χ0n) is 14.2. The van der Waals surface area contributed by atoms with Gasteiger partial charge in [-0.3, -0.25) is 24.5 Å². The molecule has 9 nitrogen and oxygen atoms in total. The van der Waals surface area contributed by atoms with Crippen molar-refractivity contribution in [3.63, 3.8) is 0 Å². The van der Waals surface area contributed by atoms with Crippen LogP contribution in [0.1, 0.15) is 15.9 Å². The van der Waals surface area contributed by atoms with Gasteiger partial charge in [-0.2, -0.15) is 0 Å². The molecule has 138 valence electrons. The molecule has 0 fully saturated rings. The maximum absolute atomic E-state index is 12.5. The summed E-state index contributed by atoms with van der Waals surface area (Å²) in [5, 5.41) is 13.4. The van der Waals surface area contributed by atoms with Crippen molar-refractivity contribution in [2.75, 3.05) is 5.32 Å². The molecule has 0 saturated carbocycles. The van der Waals surface area contributed by atoms with Gasteiger partial charge >= 0.3 is 0 Å². The van der Waals surface area contributed by atoms with E-state index in [4.69, 9.17) is 0 Å². The highest BCUT2D eigenvalue weighted by Gasteiger charge is 2.25. The predicted molar refractivity (Wildman–Crippen MR) is 101 cm³/mol. The van der Waals surface area contributed by atoms with Crippen LogP contribution in [0.2, 0.25) is 0 Å². The monoisotopic (exact) mass is 376 g/mol. The third kappa shape index (κ3) is 2.90. The van der Waals surface area contributed by atoms with Crippen LogP contribution in [0.5, 0.6) is 0 Å². The van der Waals surface area contributed by atoms with Crippen LogP contribution < -0.4 is 27.1 Å². The minimum Gasteiger partial charge on any atom is -0.350 e. The van der Waals surface area contributed by atoms with Crippen molar-refractivity contribution in [2.45, 2.75) is 0 Å². The van der Waals surface area contributed by atoms with Crippen LogP contribution >= 0.6 is 0 Å². The number of hydrogen-bond donors (Lipinski definition) is 3. The number of para-hydroxylation sites is 1. The number of aromatic amines is 2. The lowest BCUT2D eigenvalue weighted by molar-refractivity contribution is -0.384. The summed E-state index contributed by atoms with van der Waals surface area (Å²) < 4.78 is 0. The van der Waals surface area contributed by atoms with E-state index in [-0.39, 0.29) is 27.9 Å². The van der Waals surface area contributed by atoms with Gasteiger partial charge in [-0.05, 0) is 35.9 Å². The first-order valence-corrected chi connectivity index (χ1v) is 8.18. The smallest absolute Gasteiger partial charge is 0.274 e. The van der Waals surface area contributed by atoms with Crippen molar-refractivity contribution in [3.05, 3.63) is 101 Å². The van der Waals surface area contributed by atoms with E-state index in [9.17, 15) is 24.5 Å². The number of nitrogens with zero attached hydrogens (tertiary/aromatic N) is 1. The van der Waals surface area contributed by atoms with Crippen molar-refractivity contribution in [1.82, 2.24) is 9.97 Å². The number of fused-ring (bicyclic) bond motifs is 1. The molecule has 28 heavy (non-hydrogen) atoms. The molecule has 1 aromatic heterocycles. The van der Waals surface area contributed by atoms with E-state index in [0.717, 1.165) is 0 Å². The van der Waals surface area contributed by atoms with Crippen LogP contribution in [0, 0.1) is 10.1 Å². The van der Waals surface area contributed by atoms with Crippen molar-refractivity contribution < 1.29 is 9.72 Å². The fourth-order valence-electron chi connectivity index (χ4n) is 2.91. The zero-order valence-corrected chi connectivity index (χ0v) is 14.2. The number of non-ortho nitro benzene ring substituents is 1. The van der Waals surface area contributed by atoms with Gasteiger partial charge in [-0.1, -0.05) is 12.1 Å². The summed E-state index contributed by atoms with van der Waals surface area (Å²) in [6, 6.07) is 12.3. The fourth-order valence-corrected chi connectivity index (χ4v) is 2.91. The number of aromatic nitrogens is 2. The minimum atomic E-state index is -0.642. The highest BCUT2D eigenvalue weighted by molar-refractivity contribution is 6.33. The average Bonchev–Trinajstić information content (AvgIpc) is 3.01. The van der Waals surface area contributed by atoms with Gasteiger partial charge in [0.15, 0.2) is 0 Å². The Bertz CT molecular complexity index is 1370. The molecule has 9 heteroatoms. The normalized spacial score (nSPS) is 15.3. The molecular weight excluding hydrogens is 364 g/mol. The summed E-state index contributed by atoms with van der Waals surface area (Å²) in [4.78, 5) is 52.4. The molecule has 0 spiro atoms. The van der Waals surface area contributed by atoms with Crippen LogP contribution in [0.25, 0.3) is 11.8 Å². The molecule has 0 aliphatic carbocycles. The molecule has 2 aromatic carbocycles. The average molecular weight is 376 g/mol. The predicted octanol–water partition coefficient (Wildman–Crippen LogP) is 0.217. The Morgan fingerprint density at radius 1 is 0.893 bits per heavy atom. The third-order valence-electron chi connectivity index (χ3n) is 4.28. The third-order valence-corrected chi connectivity index (χ3v) is 4.28. The number of Topliss-reactive ketones (excluding diaryl/α,β-unsaturated/α-hetero) is 1. The highest BCUT2D eigenvalue weighted by Crippen LogP contribution is 2.26. The molecule has 4 rings (SSSR count). The molecule has 1 aliphatic rings. The lowest BCUT2D eigenvalue weighted by atomic mass is 10.1. The number of H-pyrrole nitrogens is 2. The zero-order chi connectivity index (χ0) is 19.8. The van der Waals surface area contributed by atoms with Gasteiger partial charge in [0.05, 0.1) is 4.92 Å². The van der Waals surface area contributed by atoms with Crippen LogP contribution in [0.3, 0.4) is 0 Å². The molecular formula is C19H12N4O5. The summed E-state index contributed by atoms with van der Waals surface area (Å²) in [7, 11) is 0. The van der Waals surface area contributed by atoms with Crippen molar-refractivity contribution >= 4 is 28.9 Å². The molecule has 0 bridgehead atoms. The summed E-state index contributed by atoms with van der Waals surface area (Å²) in [5.74, 6) is -0.385. The second-order valence-corrected chi connectivity index (χ2v) is 6.06. The molecule has 3 N–H and O–H groups in total. The van der Waals surface area contributed by atoms with E-state index < -0.39 is 16.0 Å². The number of carbonyl (C=O) groups is 1. The van der Waals surface area contributed by atoms with E-state index in [0.29, 0.717) is 16.8 Å². The maximum Gasteiger partial charge on any atom is 0.274 e. The topological polar surface area (TPSA) is 138 Å². The number of nitro benzene ring substituents is 1. The lowest BCUT2D eigenvalue weighted by Crippen LogP contribution is -2.48. The molecule has 0 atom stereocenters. The van der Waals surface area contributed by atoms with Gasteiger partial charge in [0, 0.05) is 23.4 Å². The van der Waals surface area contributed by atoms with Crippen molar-refractivity contribution in [3.8, 4) is 0 Å². The largest absolute Gasteiger partial charge is 0.350 e. The molecule has 0 unspecified atom stereocenters. The van der Waals surface area contributed by atoms with E-state index in [1.807, 2.05) is 0 Å². The Balaban J connectivity index is 1.83. The number of hydrogen-bond acceptors (Lipinski definition) is 6. The summed E-state index contributed by atoms with van der Waals surface area (Å²) >= 11 is 0. The first kappa shape index (κ1) is 17.2. The minimum absolute atomic E-state index is 0.00133. The molecule has 2 heterocycles. The summed E-state index contributed by atoms with van der Waals surface area (Å²) in [5.41, 5.74) is 0.138. The Morgan fingerprint density at radius 2 is 1.61 bits per heavy atom. The summed E-state index contributed by atoms with van der Waals surface area (Å²) in [6.07, 6.45) is 1.39. The van der Waals surface area contributed by atoms with Crippen LogP contribution in [-0.4, -0.2) is 20.7 Å². The number of benzene rings is 2. The van der Waals surface area contributed by atoms with Gasteiger partial charge in [0.25, 0.3) is 16.8 Å². The Labute approximate surface area is 155 Å². The second-order valence-electron chi connectivity index (χ2n) is 6.06. The molecule has 3 aromatic rings. The first-order valence-electron chi connectivity index (χ1n) is 8.18. The number of ketones is 1. The van der Waals surface area contributed by atoms with Crippen LogP contribution in [0.15, 0.2) is 58.1 Å². The second kappa shape index (κ2) is 6.47. The number of nitro groups is 1. The SMILES string of the molecule is O=C1/C(=c2/[nH]c(=O)/c(=C\c3ccc([N+](=O)[O-])cc3)[nH]c2=O)Nc2ccccc21. The maximum atomic E-state index is 12.5. The van der Waals surface area contributed by atoms with Crippen molar-refractivity contribution in [1.29, 1.82) is 0 Å². The quantitative estimate of drug-likeness (QED) is 0.432. The molecule has 0 saturated heterocycles. The Morgan fingerprint density at radius 3 is 2.29 bits per heavy atom. The fraction of sp³-hybridized carbons (Fsp3) is 0. The number of anilines is 1. The standard InChI is InChI=1S/C19H12N4O5/c24-17-12-3-1-2-4-13(12)20-15(17)16-19(26)21-14(18(25)22-16)9-10-5-7-11(8-6-10)23(27)28/h1-9,20H,(H,21,26)(H,22,25)/b14-9+,16-15-. The van der Waals surface area contributed by atoms with Gasteiger partial charge in [0.1, 0.15) is 16.4 Å². The van der Waals surface area contributed by atoms with Gasteiger partial charge in [-0.25, -0.2) is 0 Å². The first-order chi connectivity index (χ1) is 13.4. The van der Waals surface area contributed by atoms with E-state index >= 15 is 0 Å². The van der Waals surface area contributed by atoms with E-state index in [1.54, 1.807) is 24.3 Å². The number of rotatable bonds is 2. The number of carbonyl (C=O) groups excluding carboxylic acids is 1. The van der Waals surface area contributed by atoms with Gasteiger partial charge in [-0.15, -0.1) is 0 Å². The van der Waals surface area contributed by atoms with E-state index in [2.05, 4.69) is 15.3 Å². The molecule has 0 amide bonds. The Hall–Kier alpha value is -4.27. The number of nitrogens with one attached hydrogen (secondary N) is 3. The molecule has 0 radical (unpaired) electrons. The van der Waals surface area contributed by atoms with Crippen molar-refractivity contribution in [2.24, 2.45) is 0 Å². The molecule has 1 aliphatic heterocycles. The van der Waals surface area contributed by atoms with Gasteiger partial charge in [0.2, 0.25) is 5.78 Å². The van der Waals surface area contributed by atoms with Crippen LogP contribution in [0.4, 0.5) is 11.4 Å². The lowest BCUT2D eigenvalue weighted by Gasteiger charge is -1.98. The summed E-state index contributed by atoms with van der Waals surface area (Å²) in [6.45, 7) is 0. The van der Waals surface area contributed by atoms with Crippen LogP contribution in [-0.2, 0) is 0 Å². The highest BCUT2D eigenvalue weighted by atomic mass is 16.6. The van der Waals surface area contributed by atoms with Gasteiger partial charge < -0.3 is 15.3 Å². The van der Waals surface area contributed by atoms with E-state index in [1.165, 1.54) is 30.3 Å².